The molecule has 0 aliphatic rings. The largest absolute Gasteiger partial charge is 0.490 e. The van der Waals surface area contributed by atoms with Crippen LogP contribution in [0.1, 0.15) is 75.2 Å². The van der Waals surface area contributed by atoms with E-state index in [1.54, 1.807) is 0 Å². The van der Waals surface area contributed by atoms with Crippen LogP contribution < -0.4 is 14.2 Å². The van der Waals surface area contributed by atoms with Gasteiger partial charge in [0.25, 0.3) is 0 Å². The minimum absolute atomic E-state index is 0.661. The molecule has 0 saturated heterocycles. The number of quaternary nitrogens is 3. The highest BCUT2D eigenvalue weighted by Crippen LogP contribution is 2.37. The van der Waals surface area contributed by atoms with Crippen molar-refractivity contribution >= 4 is 0 Å². The van der Waals surface area contributed by atoms with Crippen LogP contribution in [0, 0.1) is 0 Å². The van der Waals surface area contributed by atoms with Gasteiger partial charge in [0, 0.05) is 0 Å². The summed E-state index contributed by atoms with van der Waals surface area (Å²) in [6.07, 6.45) is 2.23. The Bertz CT molecular complexity index is 719. The smallest absolute Gasteiger partial charge is 0.203 e. The minimum Gasteiger partial charge on any atom is -0.490 e. The first kappa shape index (κ1) is 34.5. The maximum Gasteiger partial charge on any atom is 0.203 e. The van der Waals surface area contributed by atoms with Crippen molar-refractivity contribution in [2.45, 2.75) is 75.2 Å². The fourth-order valence-corrected chi connectivity index (χ4v) is 5.72. The molecule has 0 aliphatic carbocycles. The third-order valence-electron chi connectivity index (χ3n) is 9.90. The molecule has 0 fully saturated rings. The summed E-state index contributed by atoms with van der Waals surface area (Å²) < 4.78 is 22.5. The molecule has 1 rings (SSSR count). The predicted octanol–water partition coefficient (Wildman–Crippen LogP) is 6.23. The molecule has 0 bridgehead atoms. The van der Waals surface area contributed by atoms with E-state index in [9.17, 15) is 0 Å². The highest BCUT2D eigenvalue weighted by Gasteiger charge is 2.24. The Balaban J connectivity index is 2.95. The van der Waals surface area contributed by atoms with E-state index in [2.05, 4.69) is 62.3 Å². The Morgan fingerprint density at radius 1 is 0.447 bits per heavy atom. The first-order valence-electron chi connectivity index (χ1n) is 15.9. The molecular formula is C32H64N3O3+3. The molecule has 1 aromatic carbocycles. The Hall–Kier alpha value is -1.50. The van der Waals surface area contributed by atoms with Gasteiger partial charge in [0.2, 0.25) is 5.75 Å². The molecule has 6 heteroatoms. The monoisotopic (exact) mass is 538 g/mol. The second-order valence-corrected chi connectivity index (χ2v) is 10.9. The van der Waals surface area contributed by atoms with Crippen LogP contribution in [0.3, 0.4) is 0 Å². The van der Waals surface area contributed by atoms with Crippen LogP contribution in [0.2, 0.25) is 0 Å². The summed E-state index contributed by atoms with van der Waals surface area (Å²) in [4.78, 5) is 0. The van der Waals surface area contributed by atoms with Gasteiger partial charge in [-0.15, -0.1) is 0 Å². The van der Waals surface area contributed by atoms with Gasteiger partial charge in [0.15, 0.2) is 11.5 Å². The molecule has 1 aromatic rings. The van der Waals surface area contributed by atoms with Crippen LogP contribution in [-0.2, 0) is 0 Å². The fourth-order valence-electron chi connectivity index (χ4n) is 5.72. The molecule has 0 unspecified atom stereocenters. The Morgan fingerprint density at radius 3 is 1.24 bits per heavy atom. The zero-order valence-electron chi connectivity index (χ0n) is 26.8. The van der Waals surface area contributed by atoms with Crippen molar-refractivity contribution in [3.8, 4) is 17.2 Å². The van der Waals surface area contributed by atoms with Crippen molar-refractivity contribution in [2.24, 2.45) is 0 Å². The Labute approximate surface area is 236 Å². The molecule has 6 nitrogen and oxygen atoms in total. The molecule has 0 aromatic heterocycles. The molecule has 0 amide bonds. The number of ether oxygens (including phenoxy) is 3. The normalized spacial score (nSPS) is 12.6. The second-order valence-electron chi connectivity index (χ2n) is 10.9. The maximum atomic E-state index is 6.48. The zero-order chi connectivity index (χ0) is 28.5. The van der Waals surface area contributed by atoms with E-state index in [-0.39, 0.29) is 0 Å². The lowest BCUT2D eigenvalue weighted by Gasteiger charge is -2.36. The van der Waals surface area contributed by atoms with E-state index in [0.717, 1.165) is 85.0 Å². The van der Waals surface area contributed by atoms with Crippen molar-refractivity contribution < 1.29 is 27.7 Å². The summed E-state index contributed by atoms with van der Waals surface area (Å²) in [5.41, 5.74) is 0. The predicted molar refractivity (Wildman–Crippen MR) is 162 cm³/mol. The average Bonchev–Trinajstić information content (AvgIpc) is 2.97. The van der Waals surface area contributed by atoms with E-state index in [4.69, 9.17) is 14.2 Å². The van der Waals surface area contributed by atoms with Gasteiger partial charge >= 0.3 is 0 Å². The van der Waals surface area contributed by atoms with Crippen molar-refractivity contribution in [3.63, 3.8) is 0 Å². The maximum absolute atomic E-state index is 6.48. The van der Waals surface area contributed by atoms with Crippen molar-refractivity contribution in [3.05, 3.63) is 18.2 Å². The first-order valence-corrected chi connectivity index (χ1v) is 15.9. The number of unbranched alkanes of at least 4 members (excludes halogenated alkanes) is 1. The molecule has 222 valence electrons. The van der Waals surface area contributed by atoms with Crippen molar-refractivity contribution in [2.75, 3.05) is 98.4 Å². The summed E-state index contributed by atoms with van der Waals surface area (Å²) in [5.74, 6) is 2.40. The summed E-state index contributed by atoms with van der Waals surface area (Å²) in [5, 5.41) is 0. The highest BCUT2D eigenvalue weighted by molar-refractivity contribution is 5.51. The number of para-hydroxylation sites is 1. The standard InChI is InChI=1S/C32H64N3O3/c1-10-33(11-2,12-3)24-19-20-27-36-30-22-21-23-31(37-28-25-34(13-4,14-5)15-6)32(30)38-29-26-35(16-7,17-8)18-9/h21-23H,10-20,24-29H2,1-9H3/q+3. The Kier molecular flexibility index (Phi) is 16.3. The highest BCUT2D eigenvalue weighted by atomic mass is 16.5. The lowest BCUT2D eigenvalue weighted by atomic mass is 10.2. The lowest BCUT2D eigenvalue weighted by molar-refractivity contribution is -0.923. The molecular weight excluding hydrogens is 474 g/mol. The van der Waals surface area contributed by atoms with E-state index in [1.807, 2.05) is 18.2 Å². The second kappa shape index (κ2) is 18.0. The van der Waals surface area contributed by atoms with Gasteiger partial charge in [-0.25, -0.2) is 0 Å². The number of hydrogen-bond donors (Lipinski definition) is 0. The van der Waals surface area contributed by atoms with Crippen LogP contribution in [0.5, 0.6) is 17.2 Å². The fraction of sp³-hybridized carbons (Fsp3) is 0.812. The molecule has 0 spiro atoms. The summed E-state index contributed by atoms with van der Waals surface area (Å²) >= 11 is 0. The van der Waals surface area contributed by atoms with Crippen LogP contribution in [0.25, 0.3) is 0 Å². The van der Waals surface area contributed by atoms with Crippen molar-refractivity contribution in [1.82, 2.24) is 0 Å². The van der Waals surface area contributed by atoms with E-state index in [0.29, 0.717) is 19.8 Å². The third kappa shape index (κ3) is 9.91. The van der Waals surface area contributed by atoms with Gasteiger partial charge in [-0.2, -0.15) is 0 Å². The van der Waals surface area contributed by atoms with Gasteiger partial charge in [0.1, 0.15) is 26.3 Å². The third-order valence-corrected chi connectivity index (χ3v) is 9.90. The lowest BCUT2D eigenvalue weighted by Crippen LogP contribution is -2.50. The molecule has 0 saturated carbocycles. The zero-order valence-corrected chi connectivity index (χ0v) is 26.8. The molecule has 38 heavy (non-hydrogen) atoms. The van der Waals surface area contributed by atoms with Gasteiger partial charge in [-0.3, -0.25) is 0 Å². The van der Waals surface area contributed by atoms with Gasteiger partial charge in [-0.05, 0) is 87.3 Å². The van der Waals surface area contributed by atoms with Gasteiger partial charge < -0.3 is 27.7 Å². The summed E-state index contributed by atoms with van der Waals surface area (Å²) in [6, 6.07) is 6.12. The summed E-state index contributed by atoms with van der Waals surface area (Å²) in [7, 11) is 0. The SMILES string of the molecule is CC[N+](CC)(CC)CCCCOc1cccc(OCC[N+](CC)(CC)CC)c1OCC[N+](CC)(CC)CC. The van der Waals surface area contributed by atoms with Crippen LogP contribution in [-0.4, -0.2) is 112 Å². The Morgan fingerprint density at radius 2 is 0.816 bits per heavy atom. The molecule has 0 N–H and O–H groups in total. The molecule has 0 atom stereocenters. The quantitative estimate of drug-likeness (QED) is 0.122. The van der Waals surface area contributed by atoms with Crippen LogP contribution in [0.4, 0.5) is 0 Å². The number of benzene rings is 1. The number of rotatable bonds is 23. The summed E-state index contributed by atoms with van der Waals surface area (Å²) in [6.45, 7) is 36.2. The molecule has 0 radical (unpaired) electrons. The number of likely N-dealkylation sites (N-methyl/N-ethyl adjacent to an activating group) is 2. The van der Waals surface area contributed by atoms with E-state index < -0.39 is 0 Å². The number of hydrogen-bond acceptors (Lipinski definition) is 3. The number of nitrogens with zero attached hydrogens (tertiary/aromatic N) is 3. The van der Waals surface area contributed by atoms with Crippen LogP contribution in [0.15, 0.2) is 18.2 Å². The average molecular weight is 539 g/mol. The van der Waals surface area contributed by atoms with Crippen molar-refractivity contribution in [1.29, 1.82) is 0 Å². The molecule has 0 aliphatic heterocycles. The van der Waals surface area contributed by atoms with E-state index in [1.165, 1.54) is 37.1 Å². The minimum atomic E-state index is 0.661. The topological polar surface area (TPSA) is 27.7 Å². The van der Waals surface area contributed by atoms with Crippen LogP contribution >= 0.6 is 0 Å². The van der Waals surface area contributed by atoms with Gasteiger partial charge in [-0.1, -0.05) is 6.07 Å². The molecule has 0 heterocycles. The van der Waals surface area contributed by atoms with E-state index >= 15 is 0 Å². The first-order chi connectivity index (χ1) is 18.3. The van der Waals surface area contributed by atoms with Gasteiger partial charge in [0.05, 0.1) is 72.1 Å².